The first-order chi connectivity index (χ1) is 8.06. The zero-order valence-electron chi connectivity index (χ0n) is 11.0. The number of hydrogen-bond acceptors (Lipinski definition) is 3. The van der Waals surface area contributed by atoms with Crippen LogP contribution >= 0.6 is 11.8 Å². The topological polar surface area (TPSA) is 15.3 Å². The summed E-state index contributed by atoms with van der Waals surface area (Å²) in [5, 5.41) is 3.10. The van der Waals surface area contributed by atoms with E-state index in [9.17, 15) is 4.39 Å². The molecule has 1 rings (SSSR count). The van der Waals surface area contributed by atoms with Crippen molar-refractivity contribution in [2.45, 2.75) is 17.9 Å². The minimum Gasteiger partial charge on any atom is -0.313 e. The molecule has 1 atom stereocenters. The Morgan fingerprint density at radius 2 is 2.12 bits per heavy atom. The molecule has 0 fully saturated rings. The first kappa shape index (κ1) is 14.5. The summed E-state index contributed by atoms with van der Waals surface area (Å²) in [4.78, 5) is 3.17. The molecular weight excluding hydrogens is 235 g/mol. The fourth-order valence-electron chi connectivity index (χ4n) is 1.55. The Morgan fingerprint density at radius 3 is 2.71 bits per heavy atom. The molecule has 0 saturated carbocycles. The number of nitrogens with zero attached hydrogens (tertiary/aromatic N) is 1. The van der Waals surface area contributed by atoms with E-state index in [0.717, 1.165) is 22.8 Å². The Kier molecular flexibility index (Phi) is 5.95. The average Bonchev–Trinajstić information content (AvgIpc) is 2.28. The van der Waals surface area contributed by atoms with Gasteiger partial charge in [0.2, 0.25) is 0 Å². The molecule has 17 heavy (non-hydrogen) atoms. The second-order valence-corrected chi connectivity index (χ2v) is 5.45. The molecule has 0 bridgehead atoms. The highest BCUT2D eigenvalue weighted by Gasteiger charge is 2.14. The summed E-state index contributed by atoms with van der Waals surface area (Å²) in [5.74, 6) is 0.849. The molecular formula is C13H21FN2S. The van der Waals surface area contributed by atoms with E-state index in [1.807, 2.05) is 34.1 Å². The fraction of sp³-hybridized carbons (Fsp3) is 0.538. The number of nitrogens with one attached hydrogen (secondary N) is 1. The predicted molar refractivity (Wildman–Crippen MR) is 73.2 cm³/mol. The third-order valence-corrected chi connectivity index (χ3v) is 3.73. The molecule has 0 amide bonds. The molecule has 1 unspecified atom stereocenters. The van der Waals surface area contributed by atoms with Crippen LogP contribution in [0.3, 0.4) is 0 Å². The first-order valence-corrected chi connectivity index (χ1v) is 6.78. The third-order valence-electron chi connectivity index (χ3n) is 2.68. The highest BCUT2D eigenvalue weighted by molar-refractivity contribution is 7.99. The van der Waals surface area contributed by atoms with Crippen LogP contribution in [0.25, 0.3) is 0 Å². The zero-order valence-corrected chi connectivity index (χ0v) is 11.8. The van der Waals surface area contributed by atoms with E-state index >= 15 is 0 Å². The number of thioether (sulfide) groups is 1. The molecule has 0 heterocycles. The molecule has 0 aliphatic carbocycles. The van der Waals surface area contributed by atoms with Crippen LogP contribution in [0.5, 0.6) is 0 Å². The van der Waals surface area contributed by atoms with Gasteiger partial charge in [-0.25, -0.2) is 4.39 Å². The van der Waals surface area contributed by atoms with E-state index < -0.39 is 0 Å². The van der Waals surface area contributed by atoms with Crippen molar-refractivity contribution < 1.29 is 4.39 Å². The standard InChI is InChI=1S/C13H21FN2S/c1-10(15-2)13-11(14)6-5-7-12(13)17-9-8-16(3)4/h5-7,10,15H,8-9H2,1-4H3. The van der Waals surface area contributed by atoms with Gasteiger partial charge in [0.1, 0.15) is 5.82 Å². The quantitative estimate of drug-likeness (QED) is 0.788. The molecule has 0 spiro atoms. The summed E-state index contributed by atoms with van der Waals surface area (Å²) >= 11 is 1.71. The van der Waals surface area contributed by atoms with Gasteiger partial charge >= 0.3 is 0 Å². The van der Waals surface area contributed by atoms with Crippen LogP contribution in [-0.4, -0.2) is 38.3 Å². The molecule has 0 aliphatic heterocycles. The fourth-order valence-corrected chi connectivity index (χ4v) is 2.83. The minimum absolute atomic E-state index is 0.0399. The first-order valence-electron chi connectivity index (χ1n) is 5.79. The van der Waals surface area contributed by atoms with Gasteiger partial charge in [-0.15, -0.1) is 11.8 Å². The molecule has 4 heteroatoms. The summed E-state index contributed by atoms with van der Waals surface area (Å²) < 4.78 is 13.8. The maximum absolute atomic E-state index is 13.8. The maximum Gasteiger partial charge on any atom is 0.129 e. The summed E-state index contributed by atoms with van der Waals surface area (Å²) in [7, 11) is 5.94. The predicted octanol–water partition coefficient (Wildman–Crippen LogP) is 2.76. The molecule has 0 radical (unpaired) electrons. The molecule has 96 valence electrons. The van der Waals surface area contributed by atoms with Crippen molar-refractivity contribution in [3.63, 3.8) is 0 Å². The van der Waals surface area contributed by atoms with Gasteiger partial charge < -0.3 is 10.2 Å². The van der Waals surface area contributed by atoms with Crippen LogP contribution in [0, 0.1) is 5.82 Å². The molecule has 0 saturated heterocycles. The Balaban J connectivity index is 2.80. The van der Waals surface area contributed by atoms with Gasteiger partial charge in [0.15, 0.2) is 0 Å². The molecule has 2 nitrogen and oxygen atoms in total. The molecule has 1 N–H and O–H groups in total. The second-order valence-electron chi connectivity index (χ2n) is 4.31. The van der Waals surface area contributed by atoms with E-state index in [2.05, 4.69) is 10.2 Å². The van der Waals surface area contributed by atoms with Crippen molar-refractivity contribution in [1.82, 2.24) is 10.2 Å². The van der Waals surface area contributed by atoms with Crippen LogP contribution in [0.2, 0.25) is 0 Å². The number of hydrogen-bond donors (Lipinski definition) is 1. The van der Waals surface area contributed by atoms with E-state index in [1.165, 1.54) is 6.07 Å². The van der Waals surface area contributed by atoms with Crippen LogP contribution in [0.1, 0.15) is 18.5 Å². The smallest absolute Gasteiger partial charge is 0.129 e. The van der Waals surface area contributed by atoms with Gasteiger partial charge in [-0.05, 0) is 40.2 Å². The van der Waals surface area contributed by atoms with Crippen LogP contribution in [-0.2, 0) is 0 Å². The lowest BCUT2D eigenvalue weighted by Gasteiger charge is -2.17. The lowest BCUT2D eigenvalue weighted by Crippen LogP contribution is -2.16. The van der Waals surface area contributed by atoms with E-state index in [-0.39, 0.29) is 11.9 Å². The highest BCUT2D eigenvalue weighted by Crippen LogP contribution is 2.29. The summed E-state index contributed by atoms with van der Waals surface area (Å²) in [5.41, 5.74) is 0.777. The van der Waals surface area contributed by atoms with Gasteiger partial charge in [-0.1, -0.05) is 6.07 Å². The van der Waals surface area contributed by atoms with Crippen molar-refractivity contribution in [2.24, 2.45) is 0 Å². The van der Waals surface area contributed by atoms with Gasteiger partial charge in [-0.2, -0.15) is 0 Å². The minimum atomic E-state index is -0.123. The van der Waals surface area contributed by atoms with Crippen molar-refractivity contribution in [1.29, 1.82) is 0 Å². The van der Waals surface area contributed by atoms with Gasteiger partial charge in [0.05, 0.1) is 0 Å². The Bertz CT molecular complexity index is 355. The second kappa shape index (κ2) is 6.99. The van der Waals surface area contributed by atoms with E-state index in [1.54, 1.807) is 17.8 Å². The van der Waals surface area contributed by atoms with Crippen molar-refractivity contribution in [3.05, 3.63) is 29.6 Å². The van der Waals surface area contributed by atoms with Crippen LogP contribution in [0.15, 0.2) is 23.1 Å². The number of rotatable bonds is 6. The maximum atomic E-state index is 13.8. The summed E-state index contributed by atoms with van der Waals surface area (Å²) in [6.07, 6.45) is 0. The van der Waals surface area contributed by atoms with Gasteiger partial charge in [0.25, 0.3) is 0 Å². The Labute approximate surface area is 108 Å². The number of benzene rings is 1. The van der Waals surface area contributed by atoms with Gasteiger partial charge in [0, 0.05) is 28.8 Å². The van der Waals surface area contributed by atoms with Gasteiger partial charge in [-0.3, -0.25) is 0 Å². The summed E-state index contributed by atoms with van der Waals surface area (Å²) in [6.45, 7) is 2.98. The van der Waals surface area contributed by atoms with Crippen molar-refractivity contribution in [2.75, 3.05) is 33.4 Å². The normalized spacial score (nSPS) is 13.1. The largest absolute Gasteiger partial charge is 0.313 e. The van der Waals surface area contributed by atoms with Crippen molar-refractivity contribution in [3.8, 4) is 0 Å². The van der Waals surface area contributed by atoms with Crippen LogP contribution < -0.4 is 5.32 Å². The molecule has 0 aliphatic rings. The van der Waals surface area contributed by atoms with E-state index in [0.29, 0.717) is 0 Å². The zero-order chi connectivity index (χ0) is 12.8. The number of halogens is 1. The van der Waals surface area contributed by atoms with Crippen molar-refractivity contribution >= 4 is 11.8 Å². The van der Waals surface area contributed by atoms with Crippen LogP contribution in [0.4, 0.5) is 4.39 Å². The monoisotopic (exact) mass is 256 g/mol. The average molecular weight is 256 g/mol. The highest BCUT2D eigenvalue weighted by atomic mass is 32.2. The third kappa shape index (κ3) is 4.30. The SMILES string of the molecule is CNC(C)c1c(F)cccc1SCCN(C)C. The van der Waals surface area contributed by atoms with E-state index in [4.69, 9.17) is 0 Å². The Morgan fingerprint density at radius 1 is 1.41 bits per heavy atom. The lowest BCUT2D eigenvalue weighted by molar-refractivity contribution is 0.437. The molecule has 1 aromatic rings. The summed E-state index contributed by atoms with van der Waals surface area (Å²) in [6, 6.07) is 5.34. The lowest BCUT2D eigenvalue weighted by atomic mass is 10.1. The molecule has 1 aromatic carbocycles. The molecule has 0 aromatic heterocycles. The Hall–Kier alpha value is -0.580.